The highest BCUT2D eigenvalue weighted by atomic mass is 16.5. The number of ether oxygens (including phenoxy) is 2. The first kappa shape index (κ1) is 16.0. The summed E-state index contributed by atoms with van der Waals surface area (Å²) in [6.45, 7) is 3.78. The van der Waals surface area contributed by atoms with Crippen molar-refractivity contribution in [2.24, 2.45) is 0 Å². The van der Waals surface area contributed by atoms with Crippen LogP contribution in [0.15, 0.2) is 18.2 Å². The number of benzene rings is 1. The van der Waals surface area contributed by atoms with E-state index in [-0.39, 0.29) is 29.9 Å². The number of carbonyl (C=O) groups is 2. The number of carboxylic acid groups (broad SMARTS) is 1. The van der Waals surface area contributed by atoms with Gasteiger partial charge < -0.3 is 19.9 Å². The fourth-order valence-corrected chi connectivity index (χ4v) is 1.68. The highest BCUT2D eigenvalue weighted by Gasteiger charge is 2.13. The molecule has 0 unspecified atom stereocenters. The normalized spacial score (nSPS) is 11.8. The molecule has 0 saturated heterocycles. The molecule has 0 aliphatic carbocycles. The molecule has 0 aliphatic rings. The number of rotatable bonds is 7. The number of carbonyl (C=O) groups excluding carboxylic acids is 1. The molecule has 0 aliphatic heterocycles. The van der Waals surface area contributed by atoms with Gasteiger partial charge in [-0.1, -0.05) is 6.07 Å². The molecule has 0 bridgehead atoms. The third-order valence-corrected chi connectivity index (χ3v) is 2.55. The summed E-state index contributed by atoms with van der Waals surface area (Å²) in [5, 5.41) is 11.7. The van der Waals surface area contributed by atoms with Gasteiger partial charge in [0.25, 0.3) is 5.91 Å². The van der Waals surface area contributed by atoms with Crippen LogP contribution in [-0.2, 0) is 9.53 Å². The van der Waals surface area contributed by atoms with Crippen molar-refractivity contribution in [1.82, 2.24) is 5.32 Å². The molecule has 20 heavy (non-hydrogen) atoms. The number of hydrogen-bond acceptors (Lipinski definition) is 4. The van der Waals surface area contributed by atoms with Crippen LogP contribution in [-0.4, -0.2) is 43.3 Å². The Morgan fingerprint density at radius 1 is 1.40 bits per heavy atom. The summed E-state index contributed by atoms with van der Waals surface area (Å²) in [6, 6.07) is 4.60. The summed E-state index contributed by atoms with van der Waals surface area (Å²) in [5.74, 6) is -1.23. The van der Waals surface area contributed by atoms with E-state index >= 15 is 0 Å². The number of carboxylic acids is 1. The summed E-state index contributed by atoms with van der Waals surface area (Å²) < 4.78 is 10.2. The van der Waals surface area contributed by atoms with Crippen LogP contribution in [0.2, 0.25) is 0 Å². The number of aryl methyl sites for hydroxylation is 1. The molecule has 0 aromatic heterocycles. The second kappa shape index (κ2) is 7.49. The number of hydrogen-bond donors (Lipinski definition) is 2. The molecule has 1 rings (SSSR count). The summed E-state index contributed by atoms with van der Waals surface area (Å²) in [5.41, 5.74) is 0.895. The summed E-state index contributed by atoms with van der Waals surface area (Å²) in [6.07, 6.45) is 0. The average Bonchev–Trinajstić information content (AvgIpc) is 2.36. The van der Waals surface area contributed by atoms with Crippen molar-refractivity contribution in [2.45, 2.75) is 19.9 Å². The second-order valence-electron chi connectivity index (χ2n) is 4.52. The van der Waals surface area contributed by atoms with Gasteiger partial charge in [0.05, 0.1) is 6.61 Å². The van der Waals surface area contributed by atoms with Crippen LogP contribution in [0.4, 0.5) is 0 Å². The minimum atomic E-state index is -1.09. The number of methoxy groups -OCH3 is 1. The fourth-order valence-electron chi connectivity index (χ4n) is 1.68. The van der Waals surface area contributed by atoms with Crippen molar-refractivity contribution in [2.75, 3.05) is 20.3 Å². The third kappa shape index (κ3) is 4.89. The van der Waals surface area contributed by atoms with Crippen LogP contribution in [0, 0.1) is 6.92 Å². The SMILES string of the molecule is COC[C@H](C)NC(=O)COc1cc(C)ccc1C(=O)O. The topological polar surface area (TPSA) is 84.9 Å². The maximum Gasteiger partial charge on any atom is 0.339 e. The van der Waals surface area contributed by atoms with E-state index in [1.165, 1.54) is 6.07 Å². The van der Waals surface area contributed by atoms with Crippen LogP contribution >= 0.6 is 0 Å². The zero-order chi connectivity index (χ0) is 15.1. The maximum absolute atomic E-state index is 11.6. The molecular weight excluding hydrogens is 262 g/mol. The minimum Gasteiger partial charge on any atom is -0.483 e. The lowest BCUT2D eigenvalue weighted by Crippen LogP contribution is -2.38. The van der Waals surface area contributed by atoms with Crippen molar-refractivity contribution in [3.8, 4) is 5.75 Å². The molecule has 2 N–H and O–H groups in total. The Morgan fingerprint density at radius 3 is 2.70 bits per heavy atom. The molecule has 0 fully saturated rings. The lowest BCUT2D eigenvalue weighted by Gasteiger charge is -2.14. The van der Waals surface area contributed by atoms with Gasteiger partial charge in [0.1, 0.15) is 11.3 Å². The molecule has 1 aromatic rings. The van der Waals surface area contributed by atoms with Gasteiger partial charge >= 0.3 is 5.97 Å². The zero-order valence-corrected chi connectivity index (χ0v) is 11.8. The van der Waals surface area contributed by atoms with Gasteiger partial charge in [0, 0.05) is 13.2 Å². The monoisotopic (exact) mass is 281 g/mol. The van der Waals surface area contributed by atoms with Crippen molar-refractivity contribution in [3.05, 3.63) is 29.3 Å². The third-order valence-electron chi connectivity index (χ3n) is 2.55. The van der Waals surface area contributed by atoms with Crippen molar-refractivity contribution in [1.29, 1.82) is 0 Å². The van der Waals surface area contributed by atoms with Crippen LogP contribution in [0.1, 0.15) is 22.8 Å². The summed E-state index contributed by atoms with van der Waals surface area (Å²) >= 11 is 0. The van der Waals surface area contributed by atoms with Crippen molar-refractivity contribution in [3.63, 3.8) is 0 Å². The zero-order valence-electron chi connectivity index (χ0n) is 11.8. The highest BCUT2D eigenvalue weighted by Crippen LogP contribution is 2.20. The Kier molecular flexibility index (Phi) is 5.99. The predicted octanol–water partition coefficient (Wildman–Crippen LogP) is 1.22. The Bertz CT molecular complexity index is 486. The molecule has 0 saturated carbocycles. The molecule has 0 radical (unpaired) electrons. The van der Waals surface area contributed by atoms with E-state index in [1.807, 2.05) is 6.92 Å². The second-order valence-corrected chi connectivity index (χ2v) is 4.52. The maximum atomic E-state index is 11.6. The van der Waals surface area contributed by atoms with Crippen LogP contribution in [0.3, 0.4) is 0 Å². The van der Waals surface area contributed by atoms with Gasteiger partial charge in [-0.2, -0.15) is 0 Å². The molecule has 110 valence electrons. The first-order chi connectivity index (χ1) is 9.43. The van der Waals surface area contributed by atoms with Crippen LogP contribution in [0.25, 0.3) is 0 Å². The Morgan fingerprint density at radius 2 is 2.10 bits per heavy atom. The molecule has 1 amide bonds. The number of amides is 1. The number of aromatic carboxylic acids is 1. The molecule has 0 heterocycles. The first-order valence-electron chi connectivity index (χ1n) is 6.19. The van der Waals surface area contributed by atoms with E-state index in [9.17, 15) is 9.59 Å². The summed E-state index contributed by atoms with van der Waals surface area (Å²) in [4.78, 5) is 22.7. The van der Waals surface area contributed by atoms with E-state index in [0.717, 1.165) is 5.56 Å². The van der Waals surface area contributed by atoms with Gasteiger partial charge in [-0.05, 0) is 31.5 Å². The number of nitrogens with one attached hydrogen (secondary N) is 1. The first-order valence-corrected chi connectivity index (χ1v) is 6.19. The van der Waals surface area contributed by atoms with Gasteiger partial charge in [-0.3, -0.25) is 4.79 Å². The lowest BCUT2D eigenvalue weighted by molar-refractivity contribution is -0.124. The van der Waals surface area contributed by atoms with Crippen LogP contribution < -0.4 is 10.1 Å². The fraction of sp³-hybridized carbons (Fsp3) is 0.429. The van der Waals surface area contributed by atoms with E-state index < -0.39 is 5.97 Å². The molecule has 0 spiro atoms. The molecule has 6 heteroatoms. The van der Waals surface area contributed by atoms with Gasteiger partial charge in [0.2, 0.25) is 0 Å². The van der Waals surface area contributed by atoms with Gasteiger partial charge in [0.15, 0.2) is 6.61 Å². The Balaban J connectivity index is 2.63. The Labute approximate surface area is 117 Å². The standard InChI is InChI=1S/C14H19NO5/c1-9-4-5-11(14(17)18)12(6-9)20-8-13(16)15-10(2)7-19-3/h4-6,10H,7-8H2,1-3H3,(H,15,16)(H,17,18)/t10-/m0/s1. The summed E-state index contributed by atoms with van der Waals surface area (Å²) in [7, 11) is 1.55. The average molecular weight is 281 g/mol. The lowest BCUT2D eigenvalue weighted by atomic mass is 10.1. The molecule has 1 atom stereocenters. The van der Waals surface area contributed by atoms with E-state index in [1.54, 1.807) is 26.2 Å². The predicted molar refractivity (Wildman–Crippen MR) is 73.1 cm³/mol. The van der Waals surface area contributed by atoms with E-state index in [2.05, 4.69) is 5.32 Å². The van der Waals surface area contributed by atoms with Gasteiger partial charge in [-0.25, -0.2) is 4.79 Å². The van der Waals surface area contributed by atoms with Crippen molar-refractivity contribution < 1.29 is 24.2 Å². The minimum absolute atomic E-state index is 0.0355. The molecule has 1 aromatic carbocycles. The highest BCUT2D eigenvalue weighted by molar-refractivity contribution is 5.91. The quantitative estimate of drug-likeness (QED) is 0.785. The van der Waals surface area contributed by atoms with Crippen LogP contribution in [0.5, 0.6) is 5.75 Å². The van der Waals surface area contributed by atoms with E-state index in [4.69, 9.17) is 14.6 Å². The van der Waals surface area contributed by atoms with E-state index in [0.29, 0.717) is 6.61 Å². The molecular formula is C14H19NO5. The largest absolute Gasteiger partial charge is 0.483 e. The smallest absolute Gasteiger partial charge is 0.339 e. The van der Waals surface area contributed by atoms with Crippen molar-refractivity contribution >= 4 is 11.9 Å². The Hall–Kier alpha value is -2.08. The molecule has 6 nitrogen and oxygen atoms in total. The van der Waals surface area contributed by atoms with Gasteiger partial charge in [-0.15, -0.1) is 0 Å².